The molecule has 5 heteroatoms. The van der Waals surface area contributed by atoms with Crippen LogP contribution in [0.25, 0.3) is 0 Å². The first kappa shape index (κ1) is 16.4. The van der Waals surface area contributed by atoms with E-state index in [1.54, 1.807) is 6.92 Å². The summed E-state index contributed by atoms with van der Waals surface area (Å²) in [7, 11) is 1.87. The minimum absolute atomic E-state index is 0. The monoisotopic (exact) mass is 188 g/mol. The van der Waals surface area contributed by atoms with E-state index in [0.717, 1.165) is 6.54 Å². The van der Waals surface area contributed by atoms with Gasteiger partial charge in [0.25, 0.3) is 0 Å². The average Bonchev–Trinajstić information content (AvgIpc) is 1.84. The van der Waals surface area contributed by atoms with Gasteiger partial charge in [-0.25, -0.2) is 0 Å². The fourth-order valence-electron chi connectivity index (χ4n) is 0.305. The number of rotatable bonds is 1. The standard InChI is InChI=1S/C5H12N2O.2ClH/c1-4-7(3)5(2)6-8;;/h8H,4H2,1-3H3;2*1H. The zero-order valence-electron chi connectivity index (χ0n) is 6.37. The predicted octanol–water partition coefficient (Wildman–Crippen LogP) is 1.59. The highest BCUT2D eigenvalue weighted by molar-refractivity contribution is 5.85. The summed E-state index contributed by atoms with van der Waals surface area (Å²) in [5, 5.41) is 11.2. The molecule has 0 atom stereocenters. The summed E-state index contributed by atoms with van der Waals surface area (Å²) >= 11 is 0. The quantitative estimate of drug-likeness (QED) is 0.294. The molecule has 1 N–H and O–H groups in total. The highest BCUT2D eigenvalue weighted by atomic mass is 35.5. The SMILES string of the molecule is CCN(C)C(C)=NO.Cl.Cl. The minimum Gasteiger partial charge on any atom is -0.409 e. The predicted molar refractivity (Wildman–Crippen MR) is 47.7 cm³/mol. The largest absolute Gasteiger partial charge is 0.409 e. The van der Waals surface area contributed by atoms with E-state index in [0.29, 0.717) is 5.84 Å². The number of hydrogen-bond acceptors (Lipinski definition) is 2. The van der Waals surface area contributed by atoms with E-state index in [1.807, 2.05) is 18.9 Å². The summed E-state index contributed by atoms with van der Waals surface area (Å²) in [6.45, 7) is 4.62. The lowest BCUT2D eigenvalue weighted by molar-refractivity contribution is 0.306. The van der Waals surface area contributed by atoms with Crippen molar-refractivity contribution in [1.29, 1.82) is 0 Å². The lowest BCUT2D eigenvalue weighted by atomic mass is 10.5. The highest BCUT2D eigenvalue weighted by Crippen LogP contribution is 1.82. The molecule has 10 heavy (non-hydrogen) atoms. The third kappa shape index (κ3) is 5.98. The van der Waals surface area contributed by atoms with Gasteiger partial charge >= 0.3 is 0 Å². The number of hydrogen-bond donors (Lipinski definition) is 1. The molecular weight excluding hydrogens is 175 g/mol. The smallest absolute Gasteiger partial charge is 0.140 e. The van der Waals surface area contributed by atoms with Crippen molar-refractivity contribution in [3.63, 3.8) is 0 Å². The molecule has 0 saturated heterocycles. The van der Waals surface area contributed by atoms with Gasteiger partial charge in [0.05, 0.1) is 0 Å². The Morgan fingerprint density at radius 2 is 1.90 bits per heavy atom. The van der Waals surface area contributed by atoms with Crippen molar-refractivity contribution in [1.82, 2.24) is 4.90 Å². The van der Waals surface area contributed by atoms with E-state index in [9.17, 15) is 0 Å². The molecule has 0 aliphatic carbocycles. The second-order valence-corrected chi connectivity index (χ2v) is 1.66. The maximum atomic E-state index is 8.18. The number of oxime groups is 1. The molecule has 0 aromatic carbocycles. The Balaban J connectivity index is -0.000000245. The van der Waals surface area contributed by atoms with Crippen LogP contribution in [0.15, 0.2) is 5.16 Å². The highest BCUT2D eigenvalue weighted by Gasteiger charge is 1.93. The molecule has 3 nitrogen and oxygen atoms in total. The molecule has 0 bridgehead atoms. The van der Waals surface area contributed by atoms with Crippen LogP contribution in [-0.2, 0) is 0 Å². The Hall–Kier alpha value is -0.150. The summed E-state index contributed by atoms with van der Waals surface area (Å²) < 4.78 is 0. The summed E-state index contributed by atoms with van der Waals surface area (Å²) in [5.74, 6) is 0.646. The van der Waals surface area contributed by atoms with Crippen LogP contribution in [0.5, 0.6) is 0 Å². The number of nitrogens with zero attached hydrogens (tertiary/aromatic N) is 2. The van der Waals surface area contributed by atoms with E-state index in [2.05, 4.69) is 5.16 Å². The zero-order chi connectivity index (χ0) is 6.57. The third-order valence-corrected chi connectivity index (χ3v) is 1.17. The van der Waals surface area contributed by atoms with Gasteiger partial charge in [-0.2, -0.15) is 0 Å². The van der Waals surface area contributed by atoms with Crippen molar-refractivity contribution in [2.45, 2.75) is 13.8 Å². The zero-order valence-corrected chi connectivity index (χ0v) is 8.00. The second-order valence-electron chi connectivity index (χ2n) is 1.66. The first-order valence-electron chi connectivity index (χ1n) is 2.62. The van der Waals surface area contributed by atoms with Gasteiger partial charge in [0.15, 0.2) is 0 Å². The van der Waals surface area contributed by atoms with Crippen molar-refractivity contribution in [2.75, 3.05) is 13.6 Å². The summed E-state index contributed by atoms with van der Waals surface area (Å²) in [6, 6.07) is 0. The Kier molecular flexibility index (Phi) is 14.6. The maximum Gasteiger partial charge on any atom is 0.140 e. The Morgan fingerprint density at radius 1 is 1.50 bits per heavy atom. The third-order valence-electron chi connectivity index (χ3n) is 1.17. The summed E-state index contributed by atoms with van der Waals surface area (Å²) in [6.07, 6.45) is 0. The van der Waals surface area contributed by atoms with Crippen LogP contribution in [0.1, 0.15) is 13.8 Å². The lowest BCUT2D eigenvalue weighted by Gasteiger charge is -2.12. The first-order chi connectivity index (χ1) is 3.72. The Morgan fingerprint density at radius 3 is 2.00 bits per heavy atom. The molecule has 0 radical (unpaired) electrons. The van der Waals surface area contributed by atoms with Crippen LogP contribution in [0.4, 0.5) is 0 Å². The van der Waals surface area contributed by atoms with Crippen molar-refractivity contribution in [2.24, 2.45) is 5.16 Å². The summed E-state index contributed by atoms with van der Waals surface area (Å²) in [5.41, 5.74) is 0. The lowest BCUT2D eigenvalue weighted by Crippen LogP contribution is -2.23. The molecule has 0 saturated carbocycles. The van der Waals surface area contributed by atoms with Gasteiger partial charge in [0, 0.05) is 13.6 Å². The molecule has 0 fully saturated rings. The van der Waals surface area contributed by atoms with E-state index in [1.165, 1.54) is 0 Å². The molecule has 0 aromatic rings. The van der Waals surface area contributed by atoms with Crippen molar-refractivity contribution >= 4 is 30.6 Å². The number of amidine groups is 1. The molecule has 0 aromatic heterocycles. The molecule has 0 unspecified atom stereocenters. The first-order valence-corrected chi connectivity index (χ1v) is 2.62. The Labute approximate surface area is 73.9 Å². The van der Waals surface area contributed by atoms with Crippen LogP contribution >= 0.6 is 24.8 Å². The average molecular weight is 189 g/mol. The molecule has 0 rings (SSSR count). The van der Waals surface area contributed by atoms with Gasteiger partial charge in [-0.15, -0.1) is 24.8 Å². The maximum absolute atomic E-state index is 8.18. The van der Waals surface area contributed by atoms with Crippen molar-refractivity contribution in [3.8, 4) is 0 Å². The van der Waals surface area contributed by atoms with Crippen LogP contribution in [0.2, 0.25) is 0 Å². The van der Waals surface area contributed by atoms with E-state index in [-0.39, 0.29) is 24.8 Å². The molecule has 0 heterocycles. The Bertz CT molecular complexity index is 97.6. The second kappa shape index (κ2) is 8.85. The molecular formula is C5H14Cl2N2O. The van der Waals surface area contributed by atoms with Crippen LogP contribution in [0.3, 0.4) is 0 Å². The fraction of sp³-hybridized carbons (Fsp3) is 0.800. The van der Waals surface area contributed by atoms with Gasteiger partial charge in [-0.05, 0) is 13.8 Å². The van der Waals surface area contributed by atoms with E-state index >= 15 is 0 Å². The van der Waals surface area contributed by atoms with Crippen LogP contribution < -0.4 is 0 Å². The van der Waals surface area contributed by atoms with E-state index in [4.69, 9.17) is 5.21 Å². The minimum atomic E-state index is 0. The van der Waals surface area contributed by atoms with Gasteiger partial charge in [-0.3, -0.25) is 0 Å². The molecule has 0 spiro atoms. The molecule has 64 valence electrons. The molecule has 0 amide bonds. The summed E-state index contributed by atoms with van der Waals surface area (Å²) in [4.78, 5) is 1.85. The van der Waals surface area contributed by atoms with Crippen LogP contribution in [-0.4, -0.2) is 29.5 Å². The number of halogens is 2. The van der Waals surface area contributed by atoms with Crippen molar-refractivity contribution in [3.05, 3.63) is 0 Å². The van der Waals surface area contributed by atoms with Gasteiger partial charge in [0.2, 0.25) is 0 Å². The normalized spacial score (nSPS) is 9.30. The molecule has 0 aliphatic heterocycles. The van der Waals surface area contributed by atoms with Gasteiger partial charge in [0.1, 0.15) is 5.84 Å². The molecule has 0 aliphatic rings. The van der Waals surface area contributed by atoms with E-state index < -0.39 is 0 Å². The van der Waals surface area contributed by atoms with Gasteiger partial charge in [-0.1, -0.05) is 5.16 Å². The van der Waals surface area contributed by atoms with Crippen molar-refractivity contribution < 1.29 is 5.21 Å². The fourth-order valence-corrected chi connectivity index (χ4v) is 0.305. The van der Waals surface area contributed by atoms with Crippen LogP contribution in [0, 0.1) is 0 Å². The van der Waals surface area contributed by atoms with Gasteiger partial charge < -0.3 is 10.1 Å². The topological polar surface area (TPSA) is 35.8 Å².